The third kappa shape index (κ3) is 3.82. The van der Waals surface area contributed by atoms with E-state index in [0.29, 0.717) is 0 Å². The van der Waals surface area contributed by atoms with Gasteiger partial charge in [0.1, 0.15) is 11.5 Å². The molecule has 78 valence electrons. The lowest BCUT2D eigenvalue weighted by Crippen LogP contribution is -1.81. The summed E-state index contributed by atoms with van der Waals surface area (Å²) in [6.07, 6.45) is 10.3. The second-order valence-corrected chi connectivity index (χ2v) is 3.61. The third-order valence-electron chi connectivity index (χ3n) is 2.29. The van der Waals surface area contributed by atoms with E-state index in [1.54, 1.807) is 0 Å². The van der Waals surface area contributed by atoms with Gasteiger partial charge in [-0.15, -0.1) is 0 Å². The standard InChI is InChI=1S/C13H20O/c1-3-5-6-7-9-13-11-10-12(14-13)8-4-2/h4,8,10-11H,3,5-7,9H2,1-2H3. The number of aryl methyl sites for hydroxylation is 1. The van der Waals surface area contributed by atoms with Gasteiger partial charge in [0.15, 0.2) is 0 Å². The van der Waals surface area contributed by atoms with Gasteiger partial charge >= 0.3 is 0 Å². The molecule has 0 atom stereocenters. The van der Waals surface area contributed by atoms with Gasteiger partial charge in [-0.05, 0) is 31.6 Å². The van der Waals surface area contributed by atoms with Gasteiger partial charge in [0.05, 0.1) is 0 Å². The summed E-state index contributed by atoms with van der Waals surface area (Å²) in [7, 11) is 0. The van der Waals surface area contributed by atoms with Crippen molar-refractivity contribution in [3.8, 4) is 0 Å². The first-order chi connectivity index (χ1) is 6.86. The van der Waals surface area contributed by atoms with Crippen LogP contribution in [0.5, 0.6) is 0 Å². The molecule has 0 aliphatic carbocycles. The van der Waals surface area contributed by atoms with E-state index in [2.05, 4.69) is 13.0 Å². The lowest BCUT2D eigenvalue weighted by molar-refractivity contribution is 0.487. The molecule has 1 aromatic rings. The van der Waals surface area contributed by atoms with Crippen LogP contribution in [0.1, 0.15) is 51.1 Å². The van der Waals surface area contributed by atoms with Crippen LogP contribution in [0, 0.1) is 0 Å². The van der Waals surface area contributed by atoms with E-state index in [4.69, 9.17) is 4.42 Å². The predicted molar refractivity (Wildman–Crippen MR) is 61.3 cm³/mol. The van der Waals surface area contributed by atoms with E-state index in [-0.39, 0.29) is 0 Å². The molecule has 14 heavy (non-hydrogen) atoms. The van der Waals surface area contributed by atoms with Gasteiger partial charge in [-0.2, -0.15) is 0 Å². The minimum absolute atomic E-state index is 0.970. The molecule has 0 amide bonds. The Kier molecular flexibility index (Phi) is 5.13. The minimum Gasteiger partial charge on any atom is -0.462 e. The van der Waals surface area contributed by atoms with Crippen LogP contribution in [0.3, 0.4) is 0 Å². The molecule has 0 unspecified atom stereocenters. The van der Waals surface area contributed by atoms with Crippen molar-refractivity contribution < 1.29 is 4.42 Å². The van der Waals surface area contributed by atoms with E-state index in [1.807, 2.05) is 25.1 Å². The zero-order valence-electron chi connectivity index (χ0n) is 9.25. The van der Waals surface area contributed by atoms with Crippen molar-refractivity contribution in [2.75, 3.05) is 0 Å². The fourth-order valence-electron chi connectivity index (χ4n) is 1.51. The molecule has 1 heterocycles. The van der Waals surface area contributed by atoms with Crippen molar-refractivity contribution in [3.63, 3.8) is 0 Å². The van der Waals surface area contributed by atoms with Crippen LogP contribution >= 0.6 is 0 Å². The van der Waals surface area contributed by atoms with Gasteiger partial charge in [-0.25, -0.2) is 0 Å². The fourth-order valence-corrected chi connectivity index (χ4v) is 1.51. The van der Waals surface area contributed by atoms with E-state index < -0.39 is 0 Å². The van der Waals surface area contributed by atoms with Crippen molar-refractivity contribution in [2.45, 2.75) is 46.0 Å². The first-order valence-corrected chi connectivity index (χ1v) is 5.58. The van der Waals surface area contributed by atoms with Gasteiger partial charge in [0.2, 0.25) is 0 Å². The van der Waals surface area contributed by atoms with Crippen LogP contribution in [0.25, 0.3) is 6.08 Å². The SMILES string of the molecule is CC=Cc1ccc(CCCCCC)o1. The van der Waals surface area contributed by atoms with Crippen molar-refractivity contribution >= 4 is 6.08 Å². The van der Waals surface area contributed by atoms with E-state index >= 15 is 0 Å². The zero-order valence-corrected chi connectivity index (χ0v) is 9.25. The summed E-state index contributed by atoms with van der Waals surface area (Å²) >= 11 is 0. The Labute approximate surface area is 86.8 Å². The topological polar surface area (TPSA) is 13.1 Å². The maximum absolute atomic E-state index is 5.62. The quantitative estimate of drug-likeness (QED) is 0.607. The molecule has 1 rings (SSSR count). The lowest BCUT2D eigenvalue weighted by Gasteiger charge is -1.96. The summed E-state index contributed by atoms with van der Waals surface area (Å²) in [5.41, 5.74) is 0. The van der Waals surface area contributed by atoms with Gasteiger partial charge in [0, 0.05) is 6.42 Å². The van der Waals surface area contributed by atoms with Crippen molar-refractivity contribution in [1.29, 1.82) is 0 Å². The normalized spacial score (nSPS) is 11.3. The lowest BCUT2D eigenvalue weighted by atomic mass is 10.1. The Morgan fingerprint density at radius 3 is 2.79 bits per heavy atom. The van der Waals surface area contributed by atoms with Crippen LogP contribution in [-0.2, 0) is 6.42 Å². The fraction of sp³-hybridized carbons (Fsp3) is 0.538. The molecular weight excluding hydrogens is 172 g/mol. The summed E-state index contributed by atoms with van der Waals surface area (Å²) in [5, 5.41) is 0. The molecule has 1 nitrogen and oxygen atoms in total. The summed E-state index contributed by atoms with van der Waals surface area (Å²) < 4.78 is 5.62. The smallest absolute Gasteiger partial charge is 0.126 e. The number of unbranched alkanes of at least 4 members (excludes halogenated alkanes) is 3. The van der Waals surface area contributed by atoms with Crippen molar-refractivity contribution in [2.24, 2.45) is 0 Å². The molecule has 0 aliphatic heterocycles. The highest BCUT2D eigenvalue weighted by Gasteiger charge is 1.98. The Morgan fingerprint density at radius 1 is 1.21 bits per heavy atom. The molecule has 0 saturated heterocycles. The van der Waals surface area contributed by atoms with Crippen LogP contribution < -0.4 is 0 Å². The third-order valence-corrected chi connectivity index (χ3v) is 2.29. The van der Waals surface area contributed by atoms with Gasteiger partial charge in [-0.3, -0.25) is 0 Å². The zero-order chi connectivity index (χ0) is 10.2. The number of furan rings is 1. The maximum atomic E-state index is 5.62. The number of hydrogen-bond acceptors (Lipinski definition) is 1. The molecule has 0 spiro atoms. The van der Waals surface area contributed by atoms with Crippen LogP contribution in [-0.4, -0.2) is 0 Å². The average Bonchev–Trinajstić information content (AvgIpc) is 2.61. The maximum Gasteiger partial charge on any atom is 0.126 e. The molecule has 0 radical (unpaired) electrons. The Balaban J connectivity index is 2.29. The number of rotatable bonds is 6. The summed E-state index contributed by atoms with van der Waals surface area (Å²) in [6.45, 7) is 4.24. The monoisotopic (exact) mass is 192 g/mol. The van der Waals surface area contributed by atoms with Crippen molar-refractivity contribution in [3.05, 3.63) is 29.7 Å². The predicted octanol–water partition coefficient (Wildman–Crippen LogP) is 4.44. The van der Waals surface area contributed by atoms with Gasteiger partial charge in [-0.1, -0.05) is 32.3 Å². The molecule has 0 fully saturated rings. The summed E-state index contributed by atoms with van der Waals surface area (Å²) in [6, 6.07) is 4.12. The molecular formula is C13H20O. The second kappa shape index (κ2) is 6.47. The van der Waals surface area contributed by atoms with Gasteiger partial charge < -0.3 is 4.42 Å². The van der Waals surface area contributed by atoms with E-state index in [1.165, 1.54) is 25.7 Å². The number of allylic oxidation sites excluding steroid dienone is 1. The molecule has 1 heteroatoms. The Bertz CT molecular complexity index is 271. The highest BCUT2D eigenvalue weighted by atomic mass is 16.3. The number of hydrogen-bond donors (Lipinski definition) is 0. The highest BCUT2D eigenvalue weighted by molar-refractivity contribution is 5.42. The first kappa shape index (κ1) is 11.1. The van der Waals surface area contributed by atoms with Crippen LogP contribution in [0.4, 0.5) is 0 Å². The van der Waals surface area contributed by atoms with E-state index in [0.717, 1.165) is 17.9 Å². The molecule has 0 aromatic carbocycles. The summed E-state index contributed by atoms with van der Waals surface area (Å²) in [4.78, 5) is 0. The molecule has 0 bridgehead atoms. The minimum atomic E-state index is 0.970. The molecule has 1 aromatic heterocycles. The van der Waals surface area contributed by atoms with Gasteiger partial charge in [0.25, 0.3) is 0 Å². The molecule has 0 N–H and O–H groups in total. The molecule has 0 saturated carbocycles. The Hall–Kier alpha value is -0.980. The van der Waals surface area contributed by atoms with E-state index in [9.17, 15) is 0 Å². The molecule has 0 aliphatic rings. The summed E-state index contributed by atoms with van der Waals surface area (Å²) in [5.74, 6) is 2.09. The van der Waals surface area contributed by atoms with Crippen LogP contribution in [0.15, 0.2) is 22.6 Å². The highest BCUT2D eigenvalue weighted by Crippen LogP contribution is 2.13. The average molecular weight is 192 g/mol. The van der Waals surface area contributed by atoms with Crippen molar-refractivity contribution in [1.82, 2.24) is 0 Å². The first-order valence-electron chi connectivity index (χ1n) is 5.58. The largest absolute Gasteiger partial charge is 0.462 e. The second-order valence-electron chi connectivity index (χ2n) is 3.61. The van der Waals surface area contributed by atoms with Crippen LogP contribution in [0.2, 0.25) is 0 Å². The Morgan fingerprint density at radius 2 is 2.07 bits per heavy atom.